The van der Waals surface area contributed by atoms with Crippen molar-refractivity contribution in [3.8, 4) is 0 Å². The molecule has 0 aliphatic heterocycles. The summed E-state index contributed by atoms with van der Waals surface area (Å²) in [4.78, 5) is 2.75. The maximum atomic E-state index is 6.38. The molecule has 2 nitrogen and oxygen atoms in total. The molecule has 18 heavy (non-hydrogen) atoms. The smallest absolute Gasteiger partial charge is 0.00952 e. The third-order valence-electron chi connectivity index (χ3n) is 5.18. The van der Waals surface area contributed by atoms with Crippen LogP contribution >= 0.6 is 0 Å². The topological polar surface area (TPSA) is 29.3 Å². The lowest BCUT2D eigenvalue weighted by Crippen LogP contribution is -2.44. The van der Waals surface area contributed by atoms with Crippen LogP contribution < -0.4 is 5.73 Å². The van der Waals surface area contributed by atoms with E-state index in [9.17, 15) is 0 Å². The molecule has 106 valence electrons. The average Bonchev–Trinajstić information content (AvgIpc) is 2.62. The molecule has 2 unspecified atom stereocenters. The average molecular weight is 252 g/mol. The van der Waals surface area contributed by atoms with E-state index < -0.39 is 0 Å². The monoisotopic (exact) mass is 252 g/mol. The maximum Gasteiger partial charge on any atom is 0.00952 e. The molecule has 0 heterocycles. The van der Waals surface area contributed by atoms with Crippen molar-refractivity contribution in [2.75, 3.05) is 13.1 Å². The van der Waals surface area contributed by atoms with E-state index in [-0.39, 0.29) is 0 Å². The predicted molar refractivity (Wildman–Crippen MR) is 78.7 cm³/mol. The molecule has 0 spiro atoms. The third-order valence-corrected chi connectivity index (χ3v) is 5.18. The molecule has 0 aromatic rings. The molecule has 2 atom stereocenters. The Morgan fingerprint density at radius 2 is 1.50 bits per heavy atom. The molecule has 2 aliphatic rings. The SMILES string of the molecule is CCN(CC1CCCCCC1N)C1CCCCC1. The van der Waals surface area contributed by atoms with Gasteiger partial charge in [0.2, 0.25) is 0 Å². The van der Waals surface area contributed by atoms with Crippen molar-refractivity contribution in [2.45, 2.75) is 83.2 Å². The summed E-state index contributed by atoms with van der Waals surface area (Å²) in [5.41, 5.74) is 6.38. The van der Waals surface area contributed by atoms with Crippen LogP contribution in [-0.2, 0) is 0 Å². The van der Waals surface area contributed by atoms with E-state index in [0.29, 0.717) is 6.04 Å². The minimum absolute atomic E-state index is 0.463. The van der Waals surface area contributed by atoms with Gasteiger partial charge in [0.15, 0.2) is 0 Å². The van der Waals surface area contributed by atoms with Crippen LogP contribution in [0.25, 0.3) is 0 Å². The molecule has 0 radical (unpaired) electrons. The molecule has 0 aromatic carbocycles. The van der Waals surface area contributed by atoms with Crippen molar-refractivity contribution < 1.29 is 0 Å². The number of hydrogen-bond donors (Lipinski definition) is 1. The number of nitrogens with zero attached hydrogens (tertiary/aromatic N) is 1. The summed E-state index contributed by atoms with van der Waals surface area (Å²) in [5.74, 6) is 0.759. The molecule has 0 saturated heterocycles. The molecule has 2 fully saturated rings. The number of nitrogens with two attached hydrogens (primary N) is 1. The Hall–Kier alpha value is -0.0800. The summed E-state index contributed by atoms with van der Waals surface area (Å²) in [6.45, 7) is 4.81. The van der Waals surface area contributed by atoms with Crippen LogP contribution in [0.2, 0.25) is 0 Å². The zero-order valence-electron chi connectivity index (χ0n) is 12.2. The molecular weight excluding hydrogens is 220 g/mol. The van der Waals surface area contributed by atoms with Gasteiger partial charge in [-0.3, -0.25) is 0 Å². The van der Waals surface area contributed by atoms with Gasteiger partial charge in [0, 0.05) is 18.6 Å². The lowest BCUT2D eigenvalue weighted by molar-refractivity contribution is 0.129. The first-order valence-corrected chi connectivity index (χ1v) is 8.31. The van der Waals surface area contributed by atoms with E-state index >= 15 is 0 Å². The zero-order valence-corrected chi connectivity index (χ0v) is 12.2. The summed E-state index contributed by atoms with van der Waals surface area (Å²) < 4.78 is 0. The first kappa shape index (κ1) is 14.3. The fourth-order valence-corrected chi connectivity index (χ4v) is 3.92. The summed E-state index contributed by atoms with van der Waals surface area (Å²) in [5, 5.41) is 0. The number of hydrogen-bond acceptors (Lipinski definition) is 2. The van der Waals surface area contributed by atoms with Crippen molar-refractivity contribution in [3.05, 3.63) is 0 Å². The molecular formula is C16H32N2. The van der Waals surface area contributed by atoms with Crippen molar-refractivity contribution >= 4 is 0 Å². The van der Waals surface area contributed by atoms with Gasteiger partial charge in [-0.25, -0.2) is 0 Å². The Labute approximate surface area is 113 Å². The Bertz CT molecular complexity index is 223. The van der Waals surface area contributed by atoms with Crippen molar-refractivity contribution in [1.82, 2.24) is 4.90 Å². The first-order chi connectivity index (χ1) is 8.81. The highest BCUT2D eigenvalue weighted by Crippen LogP contribution is 2.27. The fourth-order valence-electron chi connectivity index (χ4n) is 3.92. The number of rotatable bonds is 4. The van der Waals surface area contributed by atoms with Gasteiger partial charge in [-0.2, -0.15) is 0 Å². The van der Waals surface area contributed by atoms with Gasteiger partial charge >= 0.3 is 0 Å². The summed E-state index contributed by atoms with van der Waals surface area (Å²) >= 11 is 0. The van der Waals surface area contributed by atoms with Gasteiger partial charge in [-0.05, 0) is 38.1 Å². The van der Waals surface area contributed by atoms with Crippen LogP contribution in [-0.4, -0.2) is 30.1 Å². The molecule has 0 bridgehead atoms. The van der Waals surface area contributed by atoms with Gasteiger partial charge in [0.1, 0.15) is 0 Å². The van der Waals surface area contributed by atoms with E-state index in [0.717, 1.165) is 12.0 Å². The molecule has 2 N–H and O–H groups in total. The van der Waals surface area contributed by atoms with E-state index in [2.05, 4.69) is 11.8 Å². The van der Waals surface area contributed by atoms with Gasteiger partial charge in [0.25, 0.3) is 0 Å². The quantitative estimate of drug-likeness (QED) is 0.775. The Morgan fingerprint density at radius 3 is 2.17 bits per heavy atom. The second kappa shape index (κ2) is 7.49. The molecule has 0 aromatic heterocycles. The lowest BCUT2D eigenvalue weighted by atomic mass is 9.90. The minimum atomic E-state index is 0.463. The highest BCUT2D eigenvalue weighted by molar-refractivity contribution is 4.82. The van der Waals surface area contributed by atoms with Crippen LogP contribution in [0.1, 0.15) is 71.1 Å². The van der Waals surface area contributed by atoms with E-state index in [1.54, 1.807) is 0 Å². The highest BCUT2D eigenvalue weighted by atomic mass is 15.2. The summed E-state index contributed by atoms with van der Waals surface area (Å²) in [7, 11) is 0. The van der Waals surface area contributed by atoms with Crippen LogP contribution in [0.4, 0.5) is 0 Å². The molecule has 0 amide bonds. The Balaban J connectivity index is 1.87. The van der Waals surface area contributed by atoms with Crippen LogP contribution in [0.3, 0.4) is 0 Å². The van der Waals surface area contributed by atoms with Crippen LogP contribution in [0, 0.1) is 5.92 Å². The van der Waals surface area contributed by atoms with Crippen molar-refractivity contribution in [2.24, 2.45) is 11.7 Å². The lowest BCUT2D eigenvalue weighted by Gasteiger charge is -2.37. The zero-order chi connectivity index (χ0) is 12.8. The van der Waals surface area contributed by atoms with Crippen LogP contribution in [0.5, 0.6) is 0 Å². The summed E-state index contributed by atoms with van der Waals surface area (Å²) in [6, 6.07) is 1.32. The second-order valence-corrected chi connectivity index (χ2v) is 6.44. The van der Waals surface area contributed by atoms with Crippen molar-refractivity contribution in [1.29, 1.82) is 0 Å². The maximum absolute atomic E-state index is 6.38. The molecule has 2 aliphatic carbocycles. The second-order valence-electron chi connectivity index (χ2n) is 6.44. The molecule has 2 rings (SSSR count). The standard InChI is InChI=1S/C16H32N2/c1-2-18(15-10-6-4-7-11-15)13-14-9-5-3-8-12-16(14)17/h14-16H,2-13,17H2,1H3. The van der Waals surface area contributed by atoms with E-state index in [1.165, 1.54) is 77.3 Å². The Morgan fingerprint density at radius 1 is 0.889 bits per heavy atom. The largest absolute Gasteiger partial charge is 0.327 e. The normalized spacial score (nSPS) is 31.5. The minimum Gasteiger partial charge on any atom is -0.327 e. The van der Waals surface area contributed by atoms with Gasteiger partial charge < -0.3 is 10.6 Å². The fraction of sp³-hybridized carbons (Fsp3) is 1.00. The van der Waals surface area contributed by atoms with Crippen molar-refractivity contribution in [3.63, 3.8) is 0 Å². The molecule has 2 saturated carbocycles. The Kier molecular flexibility index (Phi) is 5.97. The third kappa shape index (κ3) is 3.96. The first-order valence-electron chi connectivity index (χ1n) is 8.31. The predicted octanol–water partition coefficient (Wildman–Crippen LogP) is 3.55. The highest BCUT2D eigenvalue weighted by Gasteiger charge is 2.26. The molecule has 2 heteroatoms. The van der Waals surface area contributed by atoms with Gasteiger partial charge in [0.05, 0.1) is 0 Å². The van der Waals surface area contributed by atoms with Gasteiger partial charge in [-0.15, -0.1) is 0 Å². The summed E-state index contributed by atoms with van der Waals surface area (Å²) in [6.07, 6.45) is 14.0. The van der Waals surface area contributed by atoms with E-state index in [4.69, 9.17) is 5.73 Å². The van der Waals surface area contributed by atoms with Crippen LogP contribution in [0.15, 0.2) is 0 Å². The van der Waals surface area contributed by atoms with E-state index in [1.807, 2.05) is 0 Å². The van der Waals surface area contributed by atoms with Gasteiger partial charge in [-0.1, -0.05) is 45.4 Å².